The molecule has 0 N–H and O–H groups in total. The van der Waals surface area contributed by atoms with E-state index in [0.717, 1.165) is 0 Å². The Morgan fingerprint density at radius 2 is 1.52 bits per heavy atom. The molecule has 0 bridgehead atoms. The topological polar surface area (TPSA) is 72.5 Å². The van der Waals surface area contributed by atoms with E-state index in [2.05, 4.69) is 0 Å². The van der Waals surface area contributed by atoms with E-state index in [1.165, 1.54) is 6.92 Å². The molecule has 0 saturated carbocycles. The lowest BCUT2D eigenvalue weighted by atomic mass is 9.99. The summed E-state index contributed by atoms with van der Waals surface area (Å²) in [5.74, 6) is -1.84. The smallest absolute Gasteiger partial charge is 0.302 e. The van der Waals surface area contributed by atoms with Crippen LogP contribution in [0.1, 0.15) is 34.6 Å². The molecule has 21 heavy (non-hydrogen) atoms. The van der Waals surface area contributed by atoms with Crippen LogP contribution in [-0.4, -0.2) is 54.9 Å². The van der Waals surface area contributed by atoms with Crippen LogP contribution in [0.5, 0.6) is 0 Å². The zero-order valence-corrected chi connectivity index (χ0v) is 13.0. The summed E-state index contributed by atoms with van der Waals surface area (Å²) in [5, 5.41) is 0. The van der Waals surface area contributed by atoms with Gasteiger partial charge in [-0.05, 0) is 27.7 Å². The molecule has 0 spiro atoms. The van der Waals surface area contributed by atoms with Crippen molar-refractivity contribution >= 4 is 5.97 Å². The molecule has 3 fully saturated rings. The fourth-order valence-electron chi connectivity index (χ4n) is 3.03. The van der Waals surface area contributed by atoms with Crippen molar-refractivity contribution in [2.75, 3.05) is 6.61 Å². The minimum absolute atomic E-state index is 0.100. The third kappa shape index (κ3) is 2.93. The van der Waals surface area contributed by atoms with Gasteiger partial charge in [-0.15, -0.1) is 0 Å². The fraction of sp³-hybridized carbons (Fsp3) is 0.929. The molecule has 5 atom stereocenters. The van der Waals surface area contributed by atoms with E-state index in [-0.39, 0.29) is 30.9 Å². The highest BCUT2D eigenvalue weighted by molar-refractivity contribution is 5.65. The summed E-state index contributed by atoms with van der Waals surface area (Å²) in [4.78, 5) is 11.0. The van der Waals surface area contributed by atoms with Gasteiger partial charge in [0, 0.05) is 6.92 Å². The predicted molar refractivity (Wildman–Crippen MR) is 69.2 cm³/mol. The highest BCUT2D eigenvalue weighted by Crippen LogP contribution is 2.44. The van der Waals surface area contributed by atoms with Crippen molar-refractivity contribution in [3.05, 3.63) is 0 Å². The Kier molecular flexibility index (Phi) is 3.53. The zero-order chi connectivity index (χ0) is 15.4. The van der Waals surface area contributed by atoms with Gasteiger partial charge in [0.15, 0.2) is 17.9 Å². The summed E-state index contributed by atoms with van der Waals surface area (Å²) in [6.45, 7) is 8.78. The molecule has 0 amide bonds. The lowest BCUT2D eigenvalue weighted by Gasteiger charge is -2.36. The van der Waals surface area contributed by atoms with Gasteiger partial charge >= 0.3 is 5.97 Å². The van der Waals surface area contributed by atoms with Gasteiger partial charge in [-0.1, -0.05) is 0 Å². The van der Waals surface area contributed by atoms with Crippen molar-refractivity contribution in [1.82, 2.24) is 0 Å². The van der Waals surface area contributed by atoms with Gasteiger partial charge in [0.1, 0.15) is 31.0 Å². The van der Waals surface area contributed by atoms with Gasteiger partial charge in [0.25, 0.3) is 0 Å². The van der Waals surface area contributed by atoms with Crippen LogP contribution < -0.4 is 0 Å². The predicted octanol–water partition coefficient (Wildman–Crippen LogP) is 0.946. The number of esters is 1. The number of carbonyl (C=O) groups excluding carboxylic acids is 1. The molecular formula is C14H22O7. The average molecular weight is 302 g/mol. The first-order valence-electron chi connectivity index (χ1n) is 7.17. The van der Waals surface area contributed by atoms with Gasteiger partial charge < -0.3 is 28.4 Å². The van der Waals surface area contributed by atoms with E-state index >= 15 is 0 Å². The van der Waals surface area contributed by atoms with Gasteiger partial charge in [-0.25, -0.2) is 0 Å². The lowest BCUT2D eigenvalue weighted by molar-refractivity contribution is -0.242. The Labute approximate surface area is 123 Å². The fourth-order valence-corrected chi connectivity index (χ4v) is 3.03. The third-order valence-electron chi connectivity index (χ3n) is 3.70. The number of fused-ring (bicyclic) bond motifs is 3. The molecule has 0 aliphatic carbocycles. The summed E-state index contributed by atoms with van der Waals surface area (Å²) in [7, 11) is 0. The normalized spacial score (nSPS) is 43.2. The summed E-state index contributed by atoms with van der Waals surface area (Å²) in [6, 6.07) is 0. The van der Waals surface area contributed by atoms with Gasteiger partial charge in [0.05, 0.1) is 0 Å². The highest BCUT2D eigenvalue weighted by atomic mass is 16.9. The first kappa shape index (κ1) is 15.2. The average Bonchev–Trinajstić information content (AvgIpc) is 2.80. The molecule has 3 aliphatic rings. The Hall–Kier alpha value is -0.730. The van der Waals surface area contributed by atoms with Crippen LogP contribution >= 0.6 is 0 Å². The Morgan fingerprint density at radius 1 is 0.952 bits per heavy atom. The van der Waals surface area contributed by atoms with E-state index in [0.29, 0.717) is 0 Å². The van der Waals surface area contributed by atoms with Crippen LogP contribution in [0.2, 0.25) is 0 Å². The van der Waals surface area contributed by atoms with E-state index in [9.17, 15) is 4.79 Å². The van der Waals surface area contributed by atoms with Crippen LogP contribution in [-0.2, 0) is 33.2 Å². The molecule has 7 heteroatoms. The summed E-state index contributed by atoms with van der Waals surface area (Å²) < 4.78 is 34.4. The van der Waals surface area contributed by atoms with Crippen LogP contribution in [0.15, 0.2) is 0 Å². The summed E-state index contributed by atoms with van der Waals surface area (Å²) >= 11 is 0. The molecule has 3 saturated heterocycles. The molecule has 3 heterocycles. The van der Waals surface area contributed by atoms with Crippen molar-refractivity contribution < 1.29 is 33.2 Å². The minimum atomic E-state index is -0.744. The van der Waals surface area contributed by atoms with Crippen molar-refractivity contribution in [1.29, 1.82) is 0 Å². The van der Waals surface area contributed by atoms with Gasteiger partial charge in [0.2, 0.25) is 0 Å². The number of carbonyl (C=O) groups is 1. The number of rotatable bonds is 2. The molecule has 120 valence electrons. The summed E-state index contributed by atoms with van der Waals surface area (Å²) in [5.41, 5.74) is 0. The van der Waals surface area contributed by atoms with Crippen molar-refractivity contribution in [3.63, 3.8) is 0 Å². The zero-order valence-electron chi connectivity index (χ0n) is 13.0. The van der Waals surface area contributed by atoms with Crippen LogP contribution in [0.25, 0.3) is 0 Å². The van der Waals surface area contributed by atoms with Crippen molar-refractivity contribution in [2.45, 2.75) is 76.9 Å². The van der Waals surface area contributed by atoms with Crippen LogP contribution in [0.4, 0.5) is 0 Å². The molecule has 3 aliphatic heterocycles. The second-order valence-electron chi connectivity index (χ2n) is 6.51. The Morgan fingerprint density at radius 3 is 2.19 bits per heavy atom. The molecular weight excluding hydrogens is 280 g/mol. The summed E-state index contributed by atoms with van der Waals surface area (Å²) in [6.07, 6.45) is -2.04. The van der Waals surface area contributed by atoms with E-state index in [1.54, 1.807) is 0 Å². The number of hydrogen-bond acceptors (Lipinski definition) is 7. The second-order valence-corrected chi connectivity index (χ2v) is 6.51. The standard InChI is InChI=1S/C14H22O7/c1-7(15)16-6-8-9-10(19-13(2,3)18-9)11-12(17-8)21-14(4,5)20-11/h8-12H,6H2,1-5H3/t8-,9+,10+,11-,12-/m1/s1. The molecule has 0 unspecified atom stereocenters. The number of ether oxygens (including phenoxy) is 6. The minimum Gasteiger partial charge on any atom is -0.463 e. The van der Waals surface area contributed by atoms with Crippen molar-refractivity contribution in [3.8, 4) is 0 Å². The maximum Gasteiger partial charge on any atom is 0.302 e. The third-order valence-corrected chi connectivity index (χ3v) is 3.70. The molecule has 0 aromatic rings. The monoisotopic (exact) mass is 302 g/mol. The SMILES string of the molecule is CC(=O)OC[C@H]1O[C@@H]2OC(C)(C)O[C@@H]2[C@H]2OC(C)(C)O[C@H]21. The quantitative estimate of drug-likeness (QED) is 0.703. The molecule has 3 rings (SSSR count). The molecule has 7 nitrogen and oxygen atoms in total. The van der Waals surface area contributed by atoms with E-state index < -0.39 is 24.0 Å². The molecule has 0 radical (unpaired) electrons. The first-order chi connectivity index (χ1) is 9.67. The molecule has 0 aromatic heterocycles. The highest BCUT2D eigenvalue weighted by Gasteiger charge is 2.60. The van der Waals surface area contributed by atoms with E-state index in [1.807, 2.05) is 27.7 Å². The lowest BCUT2D eigenvalue weighted by Crippen LogP contribution is -2.56. The van der Waals surface area contributed by atoms with Crippen molar-refractivity contribution in [2.24, 2.45) is 0 Å². The van der Waals surface area contributed by atoms with Crippen LogP contribution in [0, 0.1) is 0 Å². The Balaban J connectivity index is 1.80. The van der Waals surface area contributed by atoms with Gasteiger partial charge in [-0.2, -0.15) is 0 Å². The molecule has 0 aromatic carbocycles. The Bertz CT molecular complexity index is 433. The van der Waals surface area contributed by atoms with Gasteiger partial charge in [-0.3, -0.25) is 4.79 Å². The first-order valence-corrected chi connectivity index (χ1v) is 7.17. The van der Waals surface area contributed by atoms with E-state index in [4.69, 9.17) is 28.4 Å². The largest absolute Gasteiger partial charge is 0.463 e. The maximum absolute atomic E-state index is 11.0. The second kappa shape index (κ2) is 4.89. The number of hydrogen-bond donors (Lipinski definition) is 0. The maximum atomic E-state index is 11.0. The van der Waals surface area contributed by atoms with Crippen LogP contribution in [0.3, 0.4) is 0 Å².